The van der Waals surface area contributed by atoms with Crippen LogP contribution in [0.4, 0.5) is 5.69 Å². The zero-order valence-corrected chi connectivity index (χ0v) is 12.0. The second kappa shape index (κ2) is 5.54. The summed E-state index contributed by atoms with van der Waals surface area (Å²) in [6, 6.07) is 9.64. The lowest BCUT2D eigenvalue weighted by atomic mass is 9.78. The molecule has 2 aliphatic rings. The molecule has 1 aromatic rings. The lowest BCUT2D eigenvalue weighted by Crippen LogP contribution is -2.47. The predicted molar refractivity (Wildman–Crippen MR) is 81.4 cm³/mol. The molecule has 2 fully saturated rings. The summed E-state index contributed by atoms with van der Waals surface area (Å²) in [6.45, 7) is 3.31. The molecule has 19 heavy (non-hydrogen) atoms. The number of rotatable bonds is 2. The van der Waals surface area contributed by atoms with Crippen LogP contribution in [0.1, 0.15) is 57.1 Å². The van der Waals surface area contributed by atoms with Crippen LogP contribution in [0.25, 0.3) is 0 Å². The fourth-order valence-corrected chi connectivity index (χ4v) is 4.06. The Labute approximate surface area is 117 Å². The third kappa shape index (κ3) is 2.51. The summed E-state index contributed by atoms with van der Waals surface area (Å²) >= 11 is 0. The van der Waals surface area contributed by atoms with E-state index in [1.165, 1.54) is 56.3 Å². The molecule has 1 saturated heterocycles. The number of anilines is 1. The number of piperidine rings is 1. The van der Waals surface area contributed by atoms with Gasteiger partial charge in [-0.15, -0.1) is 0 Å². The maximum Gasteiger partial charge on any atom is 0.0417 e. The molecule has 104 valence electrons. The number of para-hydroxylation sites is 1. The maximum atomic E-state index is 6.16. The van der Waals surface area contributed by atoms with Gasteiger partial charge in [-0.25, -0.2) is 0 Å². The molecule has 0 unspecified atom stereocenters. The quantitative estimate of drug-likeness (QED) is 0.872. The van der Waals surface area contributed by atoms with Crippen molar-refractivity contribution in [2.75, 3.05) is 11.4 Å². The van der Waals surface area contributed by atoms with Crippen molar-refractivity contribution >= 4 is 5.69 Å². The largest absolute Gasteiger partial charge is 0.368 e. The van der Waals surface area contributed by atoms with Crippen molar-refractivity contribution in [3.8, 4) is 0 Å². The van der Waals surface area contributed by atoms with E-state index in [4.69, 9.17) is 5.73 Å². The maximum absolute atomic E-state index is 6.16. The zero-order chi connectivity index (χ0) is 13.2. The number of fused-ring (bicyclic) bond motifs is 1. The van der Waals surface area contributed by atoms with Gasteiger partial charge in [-0.05, 0) is 50.2 Å². The predicted octanol–water partition coefficient (Wildman–Crippen LogP) is 3.87. The van der Waals surface area contributed by atoms with Crippen LogP contribution in [-0.2, 0) is 0 Å². The monoisotopic (exact) mass is 258 g/mol. The average Bonchev–Trinajstić information content (AvgIpc) is 2.46. The Bertz CT molecular complexity index is 425. The molecule has 3 atom stereocenters. The summed E-state index contributed by atoms with van der Waals surface area (Å²) in [5, 5.41) is 0. The first kappa shape index (κ1) is 13.0. The highest BCUT2D eigenvalue weighted by Crippen LogP contribution is 2.39. The van der Waals surface area contributed by atoms with E-state index in [9.17, 15) is 0 Å². The number of nitrogens with zero attached hydrogens (tertiary/aromatic N) is 1. The van der Waals surface area contributed by atoms with Crippen LogP contribution in [0, 0.1) is 5.92 Å². The van der Waals surface area contributed by atoms with Crippen molar-refractivity contribution < 1.29 is 0 Å². The van der Waals surface area contributed by atoms with Crippen LogP contribution in [0.5, 0.6) is 0 Å². The Morgan fingerprint density at radius 2 is 1.84 bits per heavy atom. The van der Waals surface area contributed by atoms with Crippen LogP contribution in [0.3, 0.4) is 0 Å². The van der Waals surface area contributed by atoms with Crippen molar-refractivity contribution in [1.29, 1.82) is 0 Å². The highest BCUT2D eigenvalue weighted by molar-refractivity contribution is 5.56. The van der Waals surface area contributed by atoms with Crippen LogP contribution in [-0.4, -0.2) is 12.6 Å². The summed E-state index contributed by atoms with van der Waals surface area (Å²) in [7, 11) is 0. The molecule has 3 rings (SSSR count). The van der Waals surface area contributed by atoms with Crippen LogP contribution >= 0.6 is 0 Å². The first-order valence-electron chi connectivity index (χ1n) is 7.88. The Morgan fingerprint density at radius 1 is 1.11 bits per heavy atom. The summed E-state index contributed by atoms with van der Waals surface area (Å²) in [5.41, 5.74) is 8.87. The number of nitrogens with two attached hydrogens (primary N) is 1. The molecule has 1 heterocycles. The van der Waals surface area contributed by atoms with Crippen molar-refractivity contribution in [1.82, 2.24) is 0 Å². The molecular formula is C17H26N2. The molecule has 0 radical (unpaired) electrons. The lowest BCUT2D eigenvalue weighted by molar-refractivity contribution is 0.243. The van der Waals surface area contributed by atoms with Crippen molar-refractivity contribution in [3.63, 3.8) is 0 Å². The fraction of sp³-hybridized carbons (Fsp3) is 0.647. The normalized spacial score (nSPS) is 28.8. The molecule has 0 spiro atoms. The van der Waals surface area contributed by atoms with Gasteiger partial charge in [-0.2, -0.15) is 0 Å². The van der Waals surface area contributed by atoms with Gasteiger partial charge in [0.15, 0.2) is 0 Å². The van der Waals surface area contributed by atoms with E-state index in [1.54, 1.807) is 0 Å². The van der Waals surface area contributed by atoms with Crippen molar-refractivity contribution in [3.05, 3.63) is 29.8 Å². The second-order valence-corrected chi connectivity index (χ2v) is 6.29. The third-order valence-electron chi connectivity index (χ3n) is 4.98. The van der Waals surface area contributed by atoms with Gasteiger partial charge in [0.2, 0.25) is 0 Å². The number of benzene rings is 1. The zero-order valence-electron chi connectivity index (χ0n) is 12.0. The smallest absolute Gasteiger partial charge is 0.0417 e. The highest BCUT2D eigenvalue weighted by Gasteiger charge is 2.34. The van der Waals surface area contributed by atoms with Gasteiger partial charge in [0, 0.05) is 24.3 Å². The van der Waals surface area contributed by atoms with Crippen LogP contribution in [0.2, 0.25) is 0 Å². The summed E-state index contributed by atoms with van der Waals surface area (Å²) in [6.07, 6.45) is 8.41. The van der Waals surface area contributed by atoms with E-state index in [-0.39, 0.29) is 6.04 Å². The summed E-state index contributed by atoms with van der Waals surface area (Å²) in [4.78, 5) is 2.67. The Kier molecular flexibility index (Phi) is 3.79. The SMILES string of the molecule is C[C@@H](N)c1ccccc1N1CCC[C@H]2CCCC[C@H]21. The Hall–Kier alpha value is -1.02. The minimum Gasteiger partial charge on any atom is -0.368 e. The van der Waals surface area contributed by atoms with Gasteiger partial charge in [0.1, 0.15) is 0 Å². The van der Waals surface area contributed by atoms with Gasteiger partial charge in [0.25, 0.3) is 0 Å². The molecular weight excluding hydrogens is 232 g/mol. The molecule has 1 aliphatic heterocycles. The highest BCUT2D eigenvalue weighted by atomic mass is 15.2. The van der Waals surface area contributed by atoms with Crippen molar-refractivity contribution in [2.45, 2.75) is 57.5 Å². The standard InChI is InChI=1S/C17H26N2/c1-13(18)15-9-3-5-11-17(15)19-12-6-8-14-7-2-4-10-16(14)19/h3,5,9,11,13-14,16H,2,4,6-8,10,12,18H2,1H3/t13-,14-,16-/m1/s1. The van der Waals surface area contributed by atoms with E-state index in [1.807, 2.05) is 0 Å². The molecule has 2 heteroatoms. The average molecular weight is 258 g/mol. The van der Waals surface area contributed by atoms with Crippen LogP contribution in [0.15, 0.2) is 24.3 Å². The number of hydrogen-bond acceptors (Lipinski definition) is 2. The van der Waals surface area contributed by atoms with E-state index in [0.717, 1.165) is 12.0 Å². The minimum atomic E-state index is 0.125. The molecule has 0 aromatic heterocycles. The fourth-order valence-electron chi connectivity index (χ4n) is 4.06. The minimum absolute atomic E-state index is 0.125. The van der Waals surface area contributed by atoms with Gasteiger partial charge in [0.05, 0.1) is 0 Å². The first-order valence-corrected chi connectivity index (χ1v) is 7.88. The first-order chi connectivity index (χ1) is 9.27. The third-order valence-corrected chi connectivity index (χ3v) is 4.98. The van der Waals surface area contributed by atoms with Crippen LogP contribution < -0.4 is 10.6 Å². The molecule has 2 nitrogen and oxygen atoms in total. The molecule has 0 amide bonds. The molecule has 1 aromatic carbocycles. The Morgan fingerprint density at radius 3 is 2.68 bits per heavy atom. The molecule has 1 aliphatic carbocycles. The van der Waals surface area contributed by atoms with E-state index in [2.05, 4.69) is 36.1 Å². The second-order valence-electron chi connectivity index (χ2n) is 6.29. The van der Waals surface area contributed by atoms with Gasteiger partial charge >= 0.3 is 0 Å². The summed E-state index contributed by atoms with van der Waals surface area (Å²) in [5.74, 6) is 0.920. The topological polar surface area (TPSA) is 29.3 Å². The lowest BCUT2D eigenvalue weighted by Gasteiger charge is -2.46. The van der Waals surface area contributed by atoms with E-state index < -0.39 is 0 Å². The van der Waals surface area contributed by atoms with Gasteiger partial charge < -0.3 is 10.6 Å². The van der Waals surface area contributed by atoms with E-state index in [0.29, 0.717) is 0 Å². The molecule has 2 N–H and O–H groups in total. The van der Waals surface area contributed by atoms with E-state index >= 15 is 0 Å². The van der Waals surface area contributed by atoms with Crippen molar-refractivity contribution in [2.24, 2.45) is 11.7 Å². The Balaban J connectivity index is 1.91. The number of hydrogen-bond donors (Lipinski definition) is 1. The molecule has 0 bridgehead atoms. The van der Waals surface area contributed by atoms with Gasteiger partial charge in [-0.3, -0.25) is 0 Å². The summed E-state index contributed by atoms with van der Waals surface area (Å²) < 4.78 is 0. The van der Waals surface area contributed by atoms with Gasteiger partial charge in [-0.1, -0.05) is 31.0 Å². The molecule has 1 saturated carbocycles.